The van der Waals surface area contributed by atoms with E-state index in [2.05, 4.69) is 36.8 Å². The molecule has 1 aromatic carbocycles. The van der Waals surface area contributed by atoms with Crippen LogP contribution >= 0.6 is 0 Å². The number of amides is 5. The van der Waals surface area contributed by atoms with Crippen molar-refractivity contribution in [2.45, 2.75) is 69.7 Å². The van der Waals surface area contributed by atoms with Crippen molar-refractivity contribution in [1.82, 2.24) is 39.5 Å². The molecule has 5 aliphatic rings. The largest absolute Gasteiger partial charge is 0.368 e. The van der Waals surface area contributed by atoms with E-state index in [0.29, 0.717) is 76.2 Å². The molecular weight excluding hydrogens is 762 g/mol. The van der Waals surface area contributed by atoms with Crippen molar-refractivity contribution in [2.24, 2.45) is 5.92 Å². The first-order chi connectivity index (χ1) is 28.5. The number of aromatic nitrogens is 5. The highest BCUT2D eigenvalue weighted by molar-refractivity contribution is 6.09. The van der Waals surface area contributed by atoms with Gasteiger partial charge in [0.15, 0.2) is 11.3 Å². The molecule has 59 heavy (non-hydrogen) atoms. The molecule has 18 nitrogen and oxygen atoms in total. The first-order valence-electron chi connectivity index (χ1n) is 19.9. The van der Waals surface area contributed by atoms with Gasteiger partial charge in [0.2, 0.25) is 17.7 Å². The summed E-state index contributed by atoms with van der Waals surface area (Å²) in [6, 6.07) is 8.77. The van der Waals surface area contributed by atoms with E-state index in [1.165, 1.54) is 10.7 Å². The van der Waals surface area contributed by atoms with Gasteiger partial charge in [-0.3, -0.25) is 34.0 Å². The number of benzene rings is 1. The molecule has 1 saturated carbocycles. The summed E-state index contributed by atoms with van der Waals surface area (Å²) >= 11 is 0. The molecule has 0 bridgehead atoms. The fourth-order valence-electron chi connectivity index (χ4n) is 9.01. The Kier molecular flexibility index (Phi) is 9.77. The fourth-order valence-corrected chi connectivity index (χ4v) is 9.01. The van der Waals surface area contributed by atoms with Crippen LogP contribution < -0.4 is 20.4 Å². The van der Waals surface area contributed by atoms with Crippen molar-refractivity contribution >= 4 is 58.1 Å². The van der Waals surface area contributed by atoms with Gasteiger partial charge in [0.1, 0.15) is 29.7 Å². The Morgan fingerprint density at radius 1 is 1.00 bits per heavy atom. The number of piperazine rings is 1. The van der Waals surface area contributed by atoms with Gasteiger partial charge in [-0.15, -0.1) is 0 Å². The van der Waals surface area contributed by atoms with Crippen molar-refractivity contribution in [3.63, 3.8) is 0 Å². The Hall–Kier alpha value is -6.71. The third-order valence-corrected chi connectivity index (χ3v) is 12.2. The third kappa shape index (κ3) is 7.23. The molecule has 0 radical (unpaired) electrons. The van der Waals surface area contributed by atoms with E-state index in [0.717, 1.165) is 11.3 Å². The van der Waals surface area contributed by atoms with Gasteiger partial charge in [-0.1, -0.05) is 6.07 Å². The molecule has 1 unspecified atom stereocenters. The van der Waals surface area contributed by atoms with Crippen molar-refractivity contribution in [1.29, 1.82) is 10.7 Å². The number of fused-ring (bicyclic) bond motifs is 2. The Labute approximate surface area is 337 Å². The third-order valence-electron chi connectivity index (χ3n) is 12.2. The summed E-state index contributed by atoms with van der Waals surface area (Å²) in [6.07, 6.45) is 6.72. The van der Waals surface area contributed by atoms with Crippen LogP contribution in [0.5, 0.6) is 0 Å². The number of nitrogens with one attached hydrogen (secondary N) is 3. The first-order valence-corrected chi connectivity index (χ1v) is 19.9. The fraction of sp³-hybridized carbons (Fsp3) is 0.450. The van der Waals surface area contributed by atoms with Crippen LogP contribution in [0.1, 0.15) is 83.0 Å². The van der Waals surface area contributed by atoms with Crippen LogP contribution in [0.3, 0.4) is 0 Å². The van der Waals surface area contributed by atoms with Crippen LogP contribution in [-0.4, -0.2) is 121 Å². The summed E-state index contributed by atoms with van der Waals surface area (Å²) < 4.78 is 17.3. The molecule has 2 atom stereocenters. The summed E-state index contributed by atoms with van der Waals surface area (Å²) in [5.74, 6) is -1.10. The lowest BCUT2D eigenvalue weighted by molar-refractivity contribution is -0.138. The molecule has 4 aromatic rings. The van der Waals surface area contributed by atoms with Crippen LogP contribution in [-0.2, 0) is 20.9 Å². The van der Waals surface area contributed by atoms with Crippen molar-refractivity contribution in [3.8, 4) is 6.07 Å². The second kappa shape index (κ2) is 15.2. The van der Waals surface area contributed by atoms with E-state index in [-0.39, 0.29) is 83.9 Å². The zero-order chi connectivity index (χ0) is 40.9. The molecule has 4 fully saturated rings. The number of anilines is 3. The Balaban J connectivity index is 0.784. The molecule has 0 spiro atoms. The molecule has 3 saturated heterocycles. The number of nitriles is 1. The Bertz CT molecular complexity index is 2440. The van der Waals surface area contributed by atoms with E-state index in [1.54, 1.807) is 32.9 Å². The van der Waals surface area contributed by atoms with Crippen molar-refractivity contribution < 1.29 is 28.4 Å². The number of imide groups is 1. The molecule has 5 amide bonds. The maximum absolute atomic E-state index is 14.2. The van der Waals surface area contributed by atoms with Crippen LogP contribution in [0.25, 0.3) is 5.65 Å². The maximum Gasteiger partial charge on any atom is 0.261 e. The monoisotopic (exact) mass is 803 g/mol. The zero-order valence-corrected chi connectivity index (χ0v) is 32.1. The number of hydrogen-bond donors (Lipinski definition) is 3. The van der Waals surface area contributed by atoms with Gasteiger partial charge in [0, 0.05) is 74.6 Å². The maximum atomic E-state index is 14.2. The van der Waals surface area contributed by atoms with Crippen LogP contribution in [0.4, 0.5) is 21.6 Å². The highest BCUT2D eigenvalue weighted by Gasteiger charge is 2.40. The summed E-state index contributed by atoms with van der Waals surface area (Å²) in [4.78, 5) is 76.5. The van der Waals surface area contributed by atoms with Gasteiger partial charge in [0.25, 0.3) is 11.8 Å². The summed E-state index contributed by atoms with van der Waals surface area (Å²) in [7, 11) is 0. The van der Waals surface area contributed by atoms with E-state index in [1.807, 2.05) is 23.1 Å². The quantitative estimate of drug-likeness (QED) is 0.231. The summed E-state index contributed by atoms with van der Waals surface area (Å²) in [5.41, 5.74) is 3.28. The van der Waals surface area contributed by atoms with Gasteiger partial charge in [-0.05, 0) is 55.9 Å². The predicted molar refractivity (Wildman–Crippen MR) is 210 cm³/mol. The Morgan fingerprint density at radius 2 is 1.80 bits per heavy atom. The highest BCUT2D eigenvalue weighted by atomic mass is 19.1. The van der Waals surface area contributed by atoms with E-state index >= 15 is 0 Å². The predicted octanol–water partition coefficient (Wildman–Crippen LogP) is 2.46. The number of piperidine rings is 2. The number of alkyl halides is 1. The molecule has 304 valence electrons. The van der Waals surface area contributed by atoms with Crippen molar-refractivity contribution in [3.05, 3.63) is 65.2 Å². The number of nitrogens with zero attached hydrogens (tertiary/aromatic N) is 10. The molecule has 19 heteroatoms. The van der Waals surface area contributed by atoms with Gasteiger partial charge in [0.05, 0.1) is 37.2 Å². The van der Waals surface area contributed by atoms with E-state index in [4.69, 9.17) is 5.41 Å². The summed E-state index contributed by atoms with van der Waals surface area (Å²) in [5, 5.41) is 31.7. The minimum absolute atomic E-state index is 0.0553. The standard InChI is InChI=1S/C40H42FN13O5/c41-25-15-26(43)21-51(20-25)34-9-10-53-36(46-34)30(18-44-53)37(56)45-32-22-54(48-31(32)17-42)27-4-1-23(2-5-27)39(58)50-13-11-49(12-14-50)28-6-3-24-19-52(40(59)29(24)16-28)33-7-8-35(55)47-38(33)57/h3,6,9-10,16,18,22-23,25,27,33,43H,1-2,4-5,7-8,11-15,19-21H2,(H,45,56)(H,47,55,57)/t23?,25-,27?,33?/m1/s1. The van der Waals surface area contributed by atoms with Gasteiger partial charge in [-0.2, -0.15) is 15.5 Å². The molecule has 9 rings (SSSR count). The summed E-state index contributed by atoms with van der Waals surface area (Å²) in [6.45, 7) is 2.98. The lowest BCUT2D eigenvalue weighted by Crippen LogP contribution is -2.52. The van der Waals surface area contributed by atoms with Gasteiger partial charge in [-0.25, -0.2) is 13.9 Å². The van der Waals surface area contributed by atoms with Crippen LogP contribution in [0.2, 0.25) is 0 Å². The second-order valence-corrected chi connectivity index (χ2v) is 15.9. The van der Waals surface area contributed by atoms with Gasteiger partial charge >= 0.3 is 0 Å². The molecular formula is C40H42FN13O5. The topological polar surface area (TPSA) is 218 Å². The Morgan fingerprint density at radius 3 is 2.54 bits per heavy atom. The number of carbonyl (C=O) groups excluding carboxylic acids is 5. The SMILES string of the molecule is N#Cc1nn(C2CCC(C(=O)N3CCN(c4ccc5c(c4)C(=O)N(C4CCC(=O)NC4=O)C5)CC3)CC2)cc1NC(=O)c1cnn2ccc(N3CC(=N)C[C@@H](F)C3)nc12. The van der Waals surface area contributed by atoms with Crippen LogP contribution in [0, 0.1) is 22.7 Å². The van der Waals surface area contributed by atoms with Crippen LogP contribution in [0.15, 0.2) is 42.9 Å². The second-order valence-electron chi connectivity index (χ2n) is 15.9. The van der Waals surface area contributed by atoms with E-state index in [9.17, 15) is 33.6 Å². The van der Waals surface area contributed by atoms with Gasteiger partial charge < -0.3 is 30.3 Å². The number of rotatable bonds is 7. The molecule has 1 aliphatic carbocycles. The lowest BCUT2D eigenvalue weighted by Gasteiger charge is -2.39. The zero-order valence-electron chi connectivity index (χ0n) is 32.1. The average molecular weight is 804 g/mol. The number of hydrogen-bond acceptors (Lipinski definition) is 12. The number of carbonyl (C=O) groups is 5. The molecule has 4 aliphatic heterocycles. The molecule has 3 N–H and O–H groups in total. The molecule has 3 aromatic heterocycles. The lowest BCUT2D eigenvalue weighted by atomic mass is 9.85. The number of halogens is 1. The minimum atomic E-state index is -1.18. The minimum Gasteiger partial charge on any atom is -0.368 e. The smallest absolute Gasteiger partial charge is 0.261 e. The first kappa shape index (κ1) is 37.8. The normalized spacial score (nSPS) is 23.7. The highest BCUT2D eigenvalue weighted by Crippen LogP contribution is 2.35. The van der Waals surface area contributed by atoms with E-state index < -0.39 is 24.0 Å². The van der Waals surface area contributed by atoms with Crippen molar-refractivity contribution in [2.75, 3.05) is 54.4 Å². The molecule has 7 heterocycles. The average Bonchev–Trinajstić information content (AvgIpc) is 3.95.